The highest BCUT2D eigenvalue weighted by atomic mass is 16.6. The van der Waals surface area contributed by atoms with Crippen LogP contribution in [0.1, 0.15) is 22.6 Å². The molecule has 2 heterocycles. The van der Waals surface area contributed by atoms with E-state index in [9.17, 15) is 10.1 Å². The minimum Gasteiger partial charge on any atom is -0.339 e. The number of nitro groups is 1. The molecule has 6 heteroatoms. The van der Waals surface area contributed by atoms with E-state index in [4.69, 9.17) is 5.26 Å². The largest absolute Gasteiger partial charge is 0.339 e. The zero-order valence-corrected chi connectivity index (χ0v) is 13.2. The van der Waals surface area contributed by atoms with Gasteiger partial charge >= 0.3 is 0 Å². The average molecular weight is 318 g/mol. The summed E-state index contributed by atoms with van der Waals surface area (Å²) in [6, 6.07) is 12.5. The minimum absolute atomic E-state index is 0.00888. The van der Waals surface area contributed by atoms with E-state index in [1.807, 2.05) is 36.7 Å². The number of pyridine rings is 1. The topological polar surface area (TPSA) is 84.8 Å². The van der Waals surface area contributed by atoms with Gasteiger partial charge in [-0.2, -0.15) is 5.26 Å². The van der Waals surface area contributed by atoms with Gasteiger partial charge in [-0.05, 0) is 30.7 Å². The van der Waals surface area contributed by atoms with Crippen molar-refractivity contribution in [2.75, 3.05) is 0 Å². The molecule has 0 aliphatic rings. The number of aromatic nitrogens is 2. The second-order valence-electron chi connectivity index (χ2n) is 5.42. The molecule has 0 saturated heterocycles. The van der Waals surface area contributed by atoms with Crippen molar-refractivity contribution in [2.24, 2.45) is 7.05 Å². The highest BCUT2D eigenvalue weighted by Gasteiger charge is 2.12. The number of non-ortho nitro benzene ring substituents is 1. The molecule has 3 aromatic rings. The molecule has 0 bridgehead atoms. The molecular weight excluding hydrogens is 304 g/mol. The number of hydrogen-bond acceptors (Lipinski definition) is 4. The van der Waals surface area contributed by atoms with Gasteiger partial charge in [0.25, 0.3) is 5.69 Å². The van der Waals surface area contributed by atoms with Crippen molar-refractivity contribution >= 4 is 28.7 Å². The molecule has 0 atom stereocenters. The zero-order valence-electron chi connectivity index (χ0n) is 13.2. The van der Waals surface area contributed by atoms with E-state index in [1.54, 1.807) is 24.3 Å². The van der Waals surface area contributed by atoms with Crippen molar-refractivity contribution in [3.8, 4) is 6.07 Å². The molecule has 0 aliphatic heterocycles. The lowest BCUT2D eigenvalue weighted by Crippen LogP contribution is -1.93. The fourth-order valence-corrected chi connectivity index (χ4v) is 2.56. The van der Waals surface area contributed by atoms with Gasteiger partial charge in [-0.25, -0.2) is 4.98 Å². The van der Waals surface area contributed by atoms with Crippen LogP contribution in [0.15, 0.2) is 36.4 Å². The predicted molar refractivity (Wildman–Crippen MR) is 92.2 cm³/mol. The van der Waals surface area contributed by atoms with Crippen molar-refractivity contribution in [1.29, 1.82) is 5.26 Å². The van der Waals surface area contributed by atoms with Crippen LogP contribution in [0.3, 0.4) is 0 Å². The molecule has 1 aromatic carbocycles. The standard InChI is InChI=1S/C18H14N4O2/c1-12-14(10-16(11-19)21(12)2)7-9-15-8-6-13-4-3-5-17(22(23)24)18(13)20-15/h3-10H,1-2H3. The van der Waals surface area contributed by atoms with Crippen molar-refractivity contribution < 1.29 is 4.92 Å². The van der Waals surface area contributed by atoms with Gasteiger partial charge in [0, 0.05) is 24.2 Å². The SMILES string of the molecule is Cc1c(C=Cc2ccc3cccc([N+](=O)[O-])c3n2)cc(C#N)n1C. The summed E-state index contributed by atoms with van der Waals surface area (Å²) in [6.45, 7) is 1.93. The number of nitrogens with zero attached hydrogens (tertiary/aromatic N) is 4. The molecular formula is C18H14N4O2. The first kappa shape index (κ1) is 15.4. The highest BCUT2D eigenvalue weighted by Crippen LogP contribution is 2.24. The Balaban J connectivity index is 2.03. The first-order chi connectivity index (χ1) is 11.5. The number of hydrogen-bond donors (Lipinski definition) is 0. The van der Waals surface area contributed by atoms with Crippen molar-refractivity contribution in [2.45, 2.75) is 6.92 Å². The first-order valence-electron chi connectivity index (χ1n) is 7.30. The predicted octanol–water partition coefficient (Wildman–Crippen LogP) is 3.83. The summed E-state index contributed by atoms with van der Waals surface area (Å²) in [6.07, 6.45) is 3.65. The van der Waals surface area contributed by atoms with Crippen LogP contribution in [-0.4, -0.2) is 14.5 Å². The van der Waals surface area contributed by atoms with E-state index in [-0.39, 0.29) is 5.69 Å². The van der Waals surface area contributed by atoms with Gasteiger partial charge in [0.1, 0.15) is 17.3 Å². The maximum absolute atomic E-state index is 11.1. The highest BCUT2D eigenvalue weighted by molar-refractivity contribution is 5.88. The summed E-state index contributed by atoms with van der Waals surface area (Å²) >= 11 is 0. The summed E-state index contributed by atoms with van der Waals surface area (Å²) in [5, 5.41) is 20.9. The van der Waals surface area contributed by atoms with Gasteiger partial charge in [0.15, 0.2) is 0 Å². The van der Waals surface area contributed by atoms with Gasteiger partial charge in [0.2, 0.25) is 0 Å². The molecule has 24 heavy (non-hydrogen) atoms. The molecule has 2 aromatic heterocycles. The molecule has 6 nitrogen and oxygen atoms in total. The van der Waals surface area contributed by atoms with E-state index in [0.29, 0.717) is 16.9 Å². The molecule has 0 radical (unpaired) electrons. The zero-order chi connectivity index (χ0) is 17.3. The summed E-state index contributed by atoms with van der Waals surface area (Å²) in [4.78, 5) is 15.1. The fraction of sp³-hybridized carbons (Fsp3) is 0.111. The third-order valence-electron chi connectivity index (χ3n) is 4.04. The number of rotatable bonds is 3. The molecule has 0 amide bonds. The Labute approximate surface area is 138 Å². The van der Waals surface area contributed by atoms with Crippen LogP contribution in [0.4, 0.5) is 5.69 Å². The van der Waals surface area contributed by atoms with Crippen LogP contribution in [0.5, 0.6) is 0 Å². The Kier molecular flexibility index (Phi) is 3.84. The maximum atomic E-state index is 11.1. The summed E-state index contributed by atoms with van der Waals surface area (Å²) < 4.78 is 1.82. The lowest BCUT2D eigenvalue weighted by Gasteiger charge is -2.01. The number of benzene rings is 1. The van der Waals surface area contributed by atoms with Crippen molar-refractivity contribution in [3.63, 3.8) is 0 Å². The molecule has 0 fully saturated rings. The lowest BCUT2D eigenvalue weighted by molar-refractivity contribution is -0.383. The first-order valence-corrected chi connectivity index (χ1v) is 7.30. The minimum atomic E-state index is -0.427. The normalized spacial score (nSPS) is 11.0. The van der Waals surface area contributed by atoms with Gasteiger partial charge in [-0.1, -0.05) is 24.3 Å². The van der Waals surface area contributed by atoms with E-state index >= 15 is 0 Å². The Morgan fingerprint density at radius 1 is 1.29 bits per heavy atom. The molecule has 0 N–H and O–H groups in total. The van der Waals surface area contributed by atoms with Crippen LogP contribution in [0.25, 0.3) is 23.1 Å². The third-order valence-corrected chi connectivity index (χ3v) is 4.04. The average Bonchev–Trinajstić information content (AvgIpc) is 2.86. The summed E-state index contributed by atoms with van der Waals surface area (Å²) in [5.74, 6) is 0. The van der Waals surface area contributed by atoms with Gasteiger partial charge in [0.05, 0.1) is 10.6 Å². The number of para-hydroxylation sites is 1. The van der Waals surface area contributed by atoms with E-state index in [0.717, 1.165) is 16.6 Å². The van der Waals surface area contributed by atoms with Crippen molar-refractivity contribution in [3.05, 3.63) is 69.2 Å². The quantitative estimate of drug-likeness (QED) is 0.542. The van der Waals surface area contributed by atoms with E-state index < -0.39 is 4.92 Å². The number of nitriles is 1. The Morgan fingerprint density at radius 3 is 2.75 bits per heavy atom. The Bertz CT molecular complexity index is 1030. The molecule has 118 valence electrons. The van der Waals surface area contributed by atoms with Crippen LogP contribution in [0, 0.1) is 28.4 Å². The van der Waals surface area contributed by atoms with Crippen LogP contribution in [0.2, 0.25) is 0 Å². The van der Waals surface area contributed by atoms with Gasteiger partial charge in [-0.3, -0.25) is 10.1 Å². The Hall–Kier alpha value is -3.46. The summed E-state index contributed by atoms with van der Waals surface area (Å²) in [5.41, 5.74) is 3.44. The van der Waals surface area contributed by atoms with Crippen molar-refractivity contribution in [1.82, 2.24) is 9.55 Å². The molecule has 0 saturated carbocycles. The van der Waals surface area contributed by atoms with Crippen LogP contribution >= 0.6 is 0 Å². The van der Waals surface area contributed by atoms with E-state index in [1.165, 1.54) is 6.07 Å². The Morgan fingerprint density at radius 2 is 2.08 bits per heavy atom. The monoisotopic (exact) mass is 318 g/mol. The molecule has 0 aliphatic carbocycles. The molecule has 0 spiro atoms. The number of fused-ring (bicyclic) bond motifs is 1. The van der Waals surface area contributed by atoms with Gasteiger partial charge in [-0.15, -0.1) is 0 Å². The third kappa shape index (κ3) is 2.63. The summed E-state index contributed by atoms with van der Waals surface area (Å²) in [7, 11) is 1.84. The van der Waals surface area contributed by atoms with Crippen LogP contribution in [-0.2, 0) is 7.05 Å². The second-order valence-corrected chi connectivity index (χ2v) is 5.42. The second kappa shape index (κ2) is 5.97. The number of nitro benzene ring substituents is 1. The smallest absolute Gasteiger partial charge is 0.295 e. The fourth-order valence-electron chi connectivity index (χ4n) is 2.56. The lowest BCUT2D eigenvalue weighted by atomic mass is 10.1. The van der Waals surface area contributed by atoms with Gasteiger partial charge < -0.3 is 4.57 Å². The molecule has 3 rings (SSSR count). The van der Waals surface area contributed by atoms with Crippen LogP contribution < -0.4 is 0 Å². The van der Waals surface area contributed by atoms with E-state index in [2.05, 4.69) is 11.1 Å². The molecule has 0 unspecified atom stereocenters. The maximum Gasteiger partial charge on any atom is 0.295 e.